The lowest BCUT2D eigenvalue weighted by Crippen LogP contribution is -2.57. The third-order valence-electron chi connectivity index (χ3n) is 13.9. The first-order valence-electron chi connectivity index (χ1n) is 17.5. The molecule has 4 bridgehead atoms. The summed E-state index contributed by atoms with van der Waals surface area (Å²) in [4.78, 5) is 91.5. The zero-order valence-corrected chi connectivity index (χ0v) is 31.0. The minimum Gasteiger partial charge on any atom is -0.483 e. The first kappa shape index (κ1) is 36.4. The van der Waals surface area contributed by atoms with Crippen molar-refractivity contribution in [3.05, 3.63) is 39.2 Å². The van der Waals surface area contributed by atoms with Gasteiger partial charge in [-0.05, 0) is 78.0 Å². The van der Waals surface area contributed by atoms with Crippen molar-refractivity contribution in [3.63, 3.8) is 0 Å². The van der Waals surface area contributed by atoms with E-state index in [1.807, 2.05) is 0 Å². The van der Waals surface area contributed by atoms with Crippen molar-refractivity contribution in [1.82, 2.24) is 0 Å². The average molecular weight is 739 g/mol. The van der Waals surface area contributed by atoms with Gasteiger partial charge in [0, 0.05) is 16.2 Å². The van der Waals surface area contributed by atoms with E-state index >= 15 is 0 Å². The van der Waals surface area contributed by atoms with Gasteiger partial charge >= 0.3 is 41.4 Å². The van der Waals surface area contributed by atoms with Crippen LogP contribution in [0.3, 0.4) is 0 Å². The van der Waals surface area contributed by atoms with E-state index in [0.29, 0.717) is 12.8 Å². The number of carbonyl (C=O) groups excluding carboxylic acids is 5. The second-order valence-corrected chi connectivity index (χ2v) is 16.9. The summed E-state index contributed by atoms with van der Waals surface area (Å²) in [6.45, 7) is 14.6. The number of rotatable bonds is 6. The van der Waals surface area contributed by atoms with Crippen LogP contribution in [0.2, 0.25) is 0 Å². The number of benzene rings is 1. The molecule has 2 unspecified atom stereocenters. The molecule has 2 saturated carbocycles. The van der Waals surface area contributed by atoms with Crippen LogP contribution in [0.4, 0.5) is 0 Å². The first-order chi connectivity index (χ1) is 24.4. The molecule has 4 fully saturated rings. The molecule has 1 aromatic carbocycles. The van der Waals surface area contributed by atoms with Crippen LogP contribution in [0.15, 0.2) is 21.3 Å². The number of hydrogen-bond acceptors (Lipinski definition) is 14. The smallest absolute Gasteiger partial charge is 0.417 e. The fraction of sp³-hybridized carbons (Fsp3) is 0.605. The van der Waals surface area contributed by atoms with Crippen molar-refractivity contribution in [2.75, 3.05) is 0 Å². The van der Waals surface area contributed by atoms with E-state index in [1.54, 1.807) is 67.5 Å². The van der Waals surface area contributed by atoms with Crippen molar-refractivity contribution < 1.29 is 66.7 Å². The molecule has 4 heterocycles. The summed E-state index contributed by atoms with van der Waals surface area (Å²) in [5, 5.41) is 9.24. The van der Waals surface area contributed by atoms with Gasteiger partial charge in [0.25, 0.3) is 0 Å². The van der Waals surface area contributed by atoms with E-state index in [2.05, 4.69) is 0 Å². The topological polar surface area (TPSA) is 208 Å². The molecule has 2 saturated heterocycles. The van der Waals surface area contributed by atoms with Gasteiger partial charge in [-0.25, -0.2) is 24.0 Å². The maximum absolute atomic E-state index is 14.6. The van der Waals surface area contributed by atoms with Gasteiger partial charge in [-0.2, -0.15) is 0 Å². The van der Waals surface area contributed by atoms with Crippen LogP contribution in [0, 0.1) is 28.6 Å². The number of carboxylic acid groups (broad SMARTS) is 1. The van der Waals surface area contributed by atoms with Crippen molar-refractivity contribution in [2.24, 2.45) is 21.7 Å². The zero-order chi connectivity index (χ0) is 39.1. The van der Waals surface area contributed by atoms with Crippen LogP contribution in [0.5, 0.6) is 5.75 Å². The highest BCUT2D eigenvalue weighted by Crippen LogP contribution is 2.67. The lowest BCUT2D eigenvalue weighted by Gasteiger charge is -2.45. The molecule has 53 heavy (non-hydrogen) atoms. The van der Waals surface area contributed by atoms with E-state index < -0.39 is 98.7 Å². The summed E-state index contributed by atoms with van der Waals surface area (Å²) in [5.74, 6) is -6.14. The summed E-state index contributed by atoms with van der Waals surface area (Å²) in [6, 6.07) is 3.11. The lowest BCUT2D eigenvalue weighted by molar-refractivity contribution is -0.217. The first-order valence-corrected chi connectivity index (χ1v) is 17.5. The molecule has 2 aliphatic carbocycles. The third-order valence-corrected chi connectivity index (χ3v) is 13.9. The summed E-state index contributed by atoms with van der Waals surface area (Å²) in [5.41, 5.74) is -9.65. The molecule has 0 radical (unpaired) electrons. The Morgan fingerprint density at radius 3 is 1.77 bits per heavy atom. The fourth-order valence-electron chi connectivity index (χ4n) is 9.19. The second-order valence-electron chi connectivity index (χ2n) is 16.9. The predicted molar refractivity (Wildman–Crippen MR) is 178 cm³/mol. The number of ether oxygens (including phenoxy) is 6. The number of fused-ring (bicyclic) bond motifs is 7. The Labute approximate surface area is 303 Å². The highest BCUT2D eigenvalue weighted by Gasteiger charge is 2.78. The molecule has 6 atom stereocenters. The molecule has 1 aromatic heterocycles. The Kier molecular flexibility index (Phi) is 7.43. The van der Waals surface area contributed by atoms with E-state index in [1.165, 1.54) is 6.92 Å². The average Bonchev–Trinajstić information content (AvgIpc) is 3.53. The van der Waals surface area contributed by atoms with Crippen molar-refractivity contribution in [1.29, 1.82) is 0 Å². The van der Waals surface area contributed by atoms with E-state index in [4.69, 9.17) is 37.9 Å². The summed E-state index contributed by atoms with van der Waals surface area (Å²) < 4.78 is 41.3. The van der Waals surface area contributed by atoms with Crippen molar-refractivity contribution in [3.8, 4) is 5.75 Å². The Morgan fingerprint density at radius 1 is 0.774 bits per heavy atom. The third kappa shape index (κ3) is 4.36. The van der Waals surface area contributed by atoms with Gasteiger partial charge in [0.1, 0.15) is 23.5 Å². The van der Waals surface area contributed by atoms with Gasteiger partial charge in [0.2, 0.25) is 11.2 Å². The minimum atomic E-state index is -1.84. The van der Waals surface area contributed by atoms with Crippen molar-refractivity contribution in [2.45, 2.75) is 124 Å². The number of esters is 5. The van der Waals surface area contributed by atoms with E-state index in [0.717, 1.165) is 0 Å². The number of aliphatic carboxylic acids is 1. The Bertz CT molecular complexity index is 2120. The molecule has 0 amide bonds. The minimum absolute atomic E-state index is 0.0259. The Hall–Kier alpha value is -4.95. The van der Waals surface area contributed by atoms with Gasteiger partial charge in [0.05, 0.1) is 22.0 Å². The monoisotopic (exact) mass is 738 g/mol. The predicted octanol–water partition coefficient (Wildman–Crippen LogP) is 4.14. The number of hydrogen-bond donors (Lipinski definition) is 1. The zero-order valence-electron chi connectivity index (χ0n) is 31.0. The molecular formula is C38H42O15. The molecular weight excluding hydrogens is 696 g/mol. The second kappa shape index (κ2) is 10.8. The molecule has 15 heteroatoms. The summed E-state index contributed by atoms with van der Waals surface area (Å²) >= 11 is 0. The van der Waals surface area contributed by atoms with Crippen LogP contribution in [0.25, 0.3) is 11.0 Å². The maximum Gasteiger partial charge on any atom is 0.417 e. The lowest BCUT2D eigenvalue weighted by atomic mass is 9.66. The van der Waals surface area contributed by atoms with Crippen molar-refractivity contribution >= 4 is 46.8 Å². The molecule has 7 rings (SSSR count). The molecule has 2 aromatic rings. The number of carbonyl (C=O) groups is 6. The van der Waals surface area contributed by atoms with Gasteiger partial charge in [-0.15, -0.1) is 0 Å². The molecule has 3 aliphatic heterocycles. The molecule has 15 nitrogen and oxygen atoms in total. The fourth-order valence-corrected chi connectivity index (χ4v) is 9.19. The maximum atomic E-state index is 14.6. The highest BCUT2D eigenvalue weighted by molar-refractivity contribution is 6.28. The Balaban J connectivity index is 1.37. The molecule has 1 N–H and O–H groups in total. The van der Waals surface area contributed by atoms with Crippen LogP contribution >= 0.6 is 0 Å². The van der Waals surface area contributed by atoms with Crippen LogP contribution in [-0.4, -0.2) is 63.8 Å². The van der Waals surface area contributed by atoms with Gasteiger partial charge in [-0.1, -0.05) is 27.7 Å². The standard InChI is InChI=1S/C38H42O15/c1-17-18-10-11-20-21(22(18)48-26(41)19(17)16-47-27(42)25(39)40)23(49-30(45)37-14-12-35(8,28(43)52-37)33(37,4)5)24(32(2,3)51-20)50-31(46)38-15-13-36(9,29(44)53-38)34(38,6)7/h10-11,23-24H,12-16H2,1-9H3,(H,39,40)/t23-,24-,35?,36?,37-,38-/m1/s1. The van der Waals surface area contributed by atoms with Gasteiger partial charge in [0.15, 0.2) is 12.2 Å². The van der Waals surface area contributed by atoms with E-state index in [-0.39, 0.29) is 46.3 Å². The van der Waals surface area contributed by atoms with E-state index in [9.17, 15) is 33.6 Å². The largest absolute Gasteiger partial charge is 0.483 e. The number of carboxylic acids is 1. The van der Waals surface area contributed by atoms with Crippen LogP contribution in [-0.2, 0) is 59.1 Å². The van der Waals surface area contributed by atoms with Gasteiger partial charge in [-0.3, -0.25) is 9.59 Å². The summed E-state index contributed by atoms with van der Waals surface area (Å²) in [6.07, 6.45) is -1.89. The summed E-state index contributed by atoms with van der Waals surface area (Å²) in [7, 11) is 0. The van der Waals surface area contributed by atoms with Crippen LogP contribution in [0.1, 0.15) is 104 Å². The SMILES string of the molecule is Cc1c(COC(=O)C(=O)O)c(=O)oc2c3c(ccc12)OC(C)(C)[C@H](OC(=O)[C@@]12CCC(C)(C(=O)O1)C2(C)C)[C@@H]3OC(=O)[C@@]12CCC(C)(C(=O)O1)C2(C)C. The van der Waals surface area contributed by atoms with Gasteiger partial charge < -0.3 is 37.9 Å². The highest BCUT2D eigenvalue weighted by atomic mass is 16.7. The quantitative estimate of drug-likeness (QED) is 0.191. The van der Waals surface area contributed by atoms with Crippen LogP contribution < -0.4 is 10.4 Å². The molecule has 5 aliphatic rings. The molecule has 284 valence electrons. The molecule has 0 spiro atoms. The number of aryl methyl sites for hydroxylation is 1. The Morgan fingerprint density at radius 2 is 1.30 bits per heavy atom. The normalized spacial score (nSPS) is 33.8.